The van der Waals surface area contributed by atoms with Crippen molar-refractivity contribution in [2.45, 2.75) is 4.90 Å². The minimum Gasteiger partial charge on any atom is -0.493 e. The van der Waals surface area contributed by atoms with E-state index in [0.717, 1.165) is 11.9 Å². The molecule has 0 saturated carbocycles. The van der Waals surface area contributed by atoms with Gasteiger partial charge in [-0.25, -0.2) is 8.87 Å². The van der Waals surface area contributed by atoms with Crippen LogP contribution in [0.4, 0.5) is 0 Å². The number of ether oxygens (including phenoxy) is 2. The lowest BCUT2D eigenvalue weighted by molar-refractivity contribution is -0.136. The first kappa shape index (κ1) is 25.8. The Bertz CT molecular complexity index is 1110. The molecule has 0 aliphatic carbocycles. The molecule has 0 atom stereocenters. The van der Waals surface area contributed by atoms with Gasteiger partial charge in [0.2, 0.25) is 0 Å². The van der Waals surface area contributed by atoms with E-state index in [1.165, 1.54) is 18.5 Å². The standard InChI is InChI=1S/C23H23ClNO7PS/c1-29-19-7-3-5-9-21(19)31-33(28,32-22-10-6-4-8-20(22)30-2)16-25(15-23(26)27)34-18-13-11-17(24)12-14-18/h3-14H,15-16H2,1-2H3,(H,26,27). The van der Waals surface area contributed by atoms with Crippen molar-refractivity contribution in [3.8, 4) is 23.0 Å². The van der Waals surface area contributed by atoms with Crippen molar-refractivity contribution in [3.63, 3.8) is 0 Å². The number of halogens is 1. The van der Waals surface area contributed by atoms with Gasteiger partial charge in [-0.05, 0) is 60.5 Å². The lowest BCUT2D eigenvalue weighted by Gasteiger charge is -2.26. The number of methoxy groups -OCH3 is 2. The van der Waals surface area contributed by atoms with E-state index in [1.54, 1.807) is 72.8 Å². The molecule has 0 spiro atoms. The molecule has 1 N–H and O–H groups in total. The Morgan fingerprint density at radius 3 is 1.79 bits per heavy atom. The van der Waals surface area contributed by atoms with E-state index >= 15 is 0 Å². The summed E-state index contributed by atoms with van der Waals surface area (Å²) in [5.41, 5.74) is 0. The van der Waals surface area contributed by atoms with E-state index in [-0.39, 0.29) is 17.8 Å². The lowest BCUT2D eigenvalue weighted by atomic mass is 10.3. The van der Waals surface area contributed by atoms with Crippen molar-refractivity contribution >= 4 is 37.1 Å². The van der Waals surface area contributed by atoms with Crippen LogP contribution in [0.15, 0.2) is 77.7 Å². The smallest absolute Gasteiger partial charge is 0.445 e. The molecule has 0 bridgehead atoms. The van der Waals surface area contributed by atoms with Crippen molar-refractivity contribution in [2.75, 3.05) is 27.1 Å². The Kier molecular flexibility index (Phi) is 9.12. The number of rotatable bonds is 12. The number of hydrogen-bond donors (Lipinski definition) is 1. The zero-order valence-corrected chi connectivity index (χ0v) is 20.9. The molecule has 0 aliphatic heterocycles. The van der Waals surface area contributed by atoms with Crippen LogP contribution in [-0.4, -0.2) is 42.4 Å². The van der Waals surface area contributed by atoms with Crippen LogP contribution in [-0.2, 0) is 9.36 Å². The lowest BCUT2D eigenvalue weighted by Crippen LogP contribution is -2.27. The molecule has 0 aliphatic rings. The Balaban J connectivity index is 1.96. The highest BCUT2D eigenvalue weighted by atomic mass is 35.5. The molecule has 0 amide bonds. The molecular formula is C23H23ClNO7PS. The number of para-hydroxylation sites is 4. The first-order valence-corrected chi connectivity index (χ1v) is 12.8. The maximum atomic E-state index is 14.1. The molecule has 0 fully saturated rings. The Labute approximate surface area is 207 Å². The normalized spacial score (nSPS) is 11.2. The van der Waals surface area contributed by atoms with Gasteiger partial charge in [0.15, 0.2) is 23.0 Å². The van der Waals surface area contributed by atoms with Crippen molar-refractivity contribution in [1.82, 2.24) is 4.31 Å². The van der Waals surface area contributed by atoms with Gasteiger partial charge in [-0.3, -0.25) is 4.79 Å². The average Bonchev–Trinajstić information content (AvgIpc) is 2.80. The topological polar surface area (TPSA) is 94.5 Å². The molecule has 0 heterocycles. The third kappa shape index (κ3) is 7.33. The van der Waals surface area contributed by atoms with Gasteiger partial charge < -0.3 is 23.6 Å². The predicted molar refractivity (Wildman–Crippen MR) is 131 cm³/mol. The maximum Gasteiger partial charge on any atom is 0.445 e. The molecule has 0 aromatic heterocycles. The van der Waals surface area contributed by atoms with Gasteiger partial charge in [-0.2, -0.15) is 0 Å². The van der Waals surface area contributed by atoms with Gasteiger partial charge in [-0.15, -0.1) is 0 Å². The molecule has 3 aromatic rings. The third-order valence-corrected chi connectivity index (χ3v) is 7.38. The van der Waals surface area contributed by atoms with Crippen LogP contribution in [0.2, 0.25) is 5.02 Å². The van der Waals surface area contributed by atoms with Crippen molar-refractivity contribution in [2.24, 2.45) is 0 Å². The van der Waals surface area contributed by atoms with E-state index in [1.807, 2.05) is 0 Å². The fourth-order valence-electron chi connectivity index (χ4n) is 2.86. The van der Waals surface area contributed by atoms with Crippen LogP contribution in [0, 0.1) is 0 Å². The van der Waals surface area contributed by atoms with Crippen LogP contribution in [0.25, 0.3) is 0 Å². The van der Waals surface area contributed by atoms with E-state index < -0.39 is 20.1 Å². The number of aliphatic carboxylic acids is 1. The SMILES string of the molecule is COc1ccccc1OP(=O)(CN(CC(=O)O)Sc1ccc(Cl)cc1)Oc1ccccc1OC. The number of carboxylic acids is 1. The average molecular weight is 524 g/mol. The molecule has 0 unspecified atom stereocenters. The summed E-state index contributed by atoms with van der Waals surface area (Å²) < 4.78 is 37.9. The van der Waals surface area contributed by atoms with E-state index in [4.69, 9.17) is 30.1 Å². The summed E-state index contributed by atoms with van der Waals surface area (Å²) in [6.45, 7) is -0.429. The zero-order valence-electron chi connectivity index (χ0n) is 18.4. The number of carbonyl (C=O) groups is 1. The second-order valence-electron chi connectivity index (χ2n) is 6.82. The van der Waals surface area contributed by atoms with Gasteiger partial charge in [-0.1, -0.05) is 35.9 Å². The summed E-state index contributed by atoms with van der Waals surface area (Å²) in [7, 11) is -1.13. The Morgan fingerprint density at radius 2 is 1.35 bits per heavy atom. The second-order valence-corrected chi connectivity index (χ2v) is 10.3. The molecule has 180 valence electrons. The van der Waals surface area contributed by atoms with Gasteiger partial charge >= 0.3 is 13.6 Å². The second kappa shape index (κ2) is 12.0. The van der Waals surface area contributed by atoms with Crippen LogP contribution in [0.3, 0.4) is 0 Å². The third-order valence-electron chi connectivity index (χ3n) is 4.30. The minimum absolute atomic E-state index is 0.190. The molecule has 8 nitrogen and oxygen atoms in total. The van der Waals surface area contributed by atoms with Crippen LogP contribution < -0.4 is 18.5 Å². The summed E-state index contributed by atoms with van der Waals surface area (Å²) in [4.78, 5) is 12.3. The number of carboxylic acid groups (broad SMARTS) is 1. The van der Waals surface area contributed by atoms with Crippen molar-refractivity contribution in [3.05, 3.63) is 77.8 Å². The molecular weight excluding hydrogens is 501 g/mol. The van der Waals surface area contributed by atoms with Crippen LogP contribution in [0.5, 0.6) is 23.0 Å². The fraction of sp³-hybridized carbons (Fsp3) is 0.174. The molecule has 3 aromatic carbocycles. The molecule has 3 rings (SSSR count). The van der Waals surface area contributed by atoms with Crippen molar-refractivity contribution < 1.29 is 33.0 Å². The van der Waals surface area contributed by atoms with Crippen molar-refractivity contribution in [1.29, 1.82) is 0 Å². The monoisotopic (exact) mass is 523 g/mol. The van der Waals surface area contributed by atoms with Gasteiger partial charge in [0.25, 0.3) is 0 Å². The predicted octanol–water partition coefficient (Wildman–Crippen LogP) is 6.06. The number of benzene rings is 3. The van der Waals surface area contributed by atoms with E-state index in [0.29, 0.717) is 21.4 Å². The summed E-state index contributed by atoms with van der Waals surface area (Å²) >= 11 is 7.04. The summed E-state index contributed by atoms with van der Waals surface area (Å²) in [6, 6.07) is 20.2. The zero-order chi connectivity index (χ0) is 24.6. The summed E-state index contributed by atoms with van der Waals surface area (Å²) in [5, 5.41) is 10.00. The summed E-state index contributed by atoms with van der Waals surface area (Å²) in [5.74, 6) is -0.0319. The highest BCUT2D eigenvalue weighted by Crippen LogP contribution is 2.53. The Morgan fingerprint density at radius 1 is 0.882 bits per heavy atom. The number of hydrogen-bond acceptors (Lipinski definition) is 8. The first-order valence-electron chi connectivity index (χ1n) is 9.96. The maximum absolute atomic E-state index is 14.1. The number of nitrogens with zero attached hydrogens (tertiary/aromatic N) is 1. The van der Waals surface area contributed by atoms with E-state index in [9.17, 15) is 14.5 Å². The largest absolute Gasteiger partial charge is 0.493 e. The van der Waals surface area contributed by atoms with Crippen LogP contribution >= 0.6 is 31.1 Å². The molecule has 0 saturated heterocycles. The highest BCUT2D eigenvalue weighted by Gasteiger charge is 2.35. The van der Waals surface area contributed by atoms with Gasteiger partial charge in [0.05, 0.1) is 14.2 Å². The van der Waals surface area contributed by atoms with E-state index in [2.05, 4.69) is 0 Å². The summed E-state index contributed by atoms with van der Waals surface area (Å²) in [6.07, 6.45) is -0.358. The molecule has 0 radical (unpaired) electrons. The fourth-order valence-corrected chi connectivity index (χ4v) is 5.92. The molecule has 11 heteroatoms. The van der Waals surface area contributed by atoms with Gasteiger partial charge in [0.1, 0.15) is 12.8 Å². The quantitative estimate of drug-likeness (QED) is 0.224. The van der Waals surface area contributed by atoms with Gasteiger partial charge in [0, 0.05) is 9.92 Å². The Hall–Kier alpha value is -2.84. The minimum atomic E-state index is -4.05. The first-order chi connectivity index (χ1) is 16.3. The van der Waals surface area contributed by atoms with Crippen LogP contribution in [0.1, 0.15) is 0 Å². The molecule has 34 heavy (non-hydrogen) atoms. The highest BCUT2D eigenvalue weighted by molar-refractivity contribution is 7.97.